The van der Waals surface area contributed by atoms with E-state index in [-0.39, 0.29) is 5.91 Å². The van der Waals surface area contributed by atoms with Crippen LogP contribution in [-0.4, -0.2) is 17.5 Å². The molecule has 1 aromatic heterocycles. The maximum atomic E-state index is 11.4. The molecule has 0 radical (unpaired) electrons. The number of hydrogen-bond acceptors (Lipinski definition) is 4. The van der Waals surface area contributed by atoms with E-state index in [0.717, 1.165) is 12.0 Å². The summed E-state index contributed by atoms with van der Waals surface area (Å²) in [6, 6.07) is 11.2. The molecule has 0 spiro atoms. The van der Waals surface area contributed by atoms with Gasteiger partial charge in [0.05, 0.1) is 6.61 Å². The van der Waals surface area contributed by atoms with Crippen molar-refractivity contribution in [1.29, 1.82) is 0 Å². The maximum absolute atomic E-state index is 11.4. The Kier molecular flexibility index (Phi) is 6.41. The van der Waals surface area contributed by atoms with Gasteiger partial charge >= 0.3 is 0 Å². The van der Waals surface area contributed by atoms with E-state index in [0.29, 0.717) is 37.0 Å². The second kappa shape index (κ2) is 8.78. The van der Waals surface area contributed by atoms with Gasteiger partial charge in [-0.15, -0.1) is 0 Å². The number of ether oxygens (including phenoxy) is 2. The van der Waals surface area contributed by atoms with Gasteiger partial charge in [0, 0.05) is 24.7 Å². The monoisotopic (exact) mass is 314 g/mol. The summed E-state index contributed by atoms with van der Waals surface area (Å²) in [5.74, 6) is 1.76. The molecular weight excluding hydrogens is 292 g/mol. The lowest BCUT2D eigenvalue weighted by Crippen LogP contribution is -2.21. The smallest absolute Gasteiger partial charge is 0.224 e. The van der Waals surface area contributed by atoms with Crippen LogP contribution in [0.15, 0.2) is 42.6 Å². The second-order valence-electron chi connectivity index (χ2n) is 5.00. The summed E-state index contributed by atoms with van der Waals surface area (Å²) >= 11 is 0. The van der Waals surface area contributed by atoms with E-state index in [1.54, 1.807) is 6.20 Å². The molecule has 1 heterocycles. The second-order valence-corrected chi connectivity index (χ2v) is 5.00. The first-order valence-corrected chi connectivity index (χ1v) is 7.84. The Balaban J connectivity index is 2.15. The fourth-order valence-electron chi connectivity index (χ4n) is 1.94. The topological polar surface area (TPSA) is 60.5 Å². The van der Waals surface area contributed by atoms with Crippen LogP contribution in [0, 0.1) is 0 Å². The van der Waals surface area contributed by atoms with Crippen LogP contribution < -0.4 is 14.8 Å². The molecule has 0 aliphatic carbocycles. The van der Waals surface area contributed by atoms with Gasteiger partial charge in [-0.2, -0.15) is 0 Å². The van der Waals surface area contributed by atoms with Gasteiger partial charge in [-0.05, 0) is 24.6 Å². The Morgan fingerprint density at radius 2 is 1.91 bits per heavy atom. The quantitative estimate of drug-likeness (QED) is 0.807. The van der Waals surface area contributed by atoms with E-state index in [9.17, 15) is 4.79 Å². The summed E-state index contributed by atoms with van der Waals surface area (Å²) in [6.45, 7) is 4.88. The van der Waals surface area contributed by atoms with Crippen molar-refractivity contribution < 1.29 is 14.3 Å². The first-order valence-electron chi connectivity index (χ1n) is 7.84. The van der Waals surface area contributed by atoms with Gasteiger partial charge in [-0.25, -0.2) is 4.98 Å². The highest BCUT2D eigenvalue weighted by Crippen LogP contribution is 2.31. The molecule has 2 rings (SSSR count). The minimum absolute atomic E-state index is 0.00789. The summed E-state index contributed by atoms with van der Waals surface area (Å²) in [6.07, 6.45) is 3.03. The van der Waals surface area contributed by atoms with Gasteiger partial charge in [0.15, 0.2) is 11.5 Å². The average Bonchev–Trinajstić information content (AvgIpc) is 2.60. The predicted molar refractivity (Wildman–Crippen MR) is 88.7 cm³/mol. The number of benzene rings is 1. The molecule has 0 unspecified atom stereocenters. The van der Waals surface area contributed by atoms with Crippen molar-refractivity contribution in [2.75, 3.05) is 6.61 Å². The molecule has 1 aromatic carbocycles. The summed E-state index contributed by atoms with van der Waals surface area (Å²) in [4.78, 5) is 15.7. The van der Waals surface area contributed by atoms with Crippen molar-refractivity contribution in [2.24, 2.45) is 0 Å². The number of nitrogens with zero attached hydrogens (tertiary/aromatic N) is 1. The van der Waals surface area contributed by atoms with Gasteiger partial charge in [0.2, 0.25) is 11.8 Å². The van der Waals surface area contributed by atoms with E-state index in [1.807, 2.05) is 43.3 Å². The van der Waals surface area contributed by atoms with E-state index in [4.69, 9.17) is 9.47 Å². The molecule has 0 saturated carbocycles. The number of carbonyl (C=O) groups is 1. The van der Waals surface area contributed by atoms with Gasteiger partial charge in [0.25, 0.3) is 0 Å². The number of para-hydroxylation sites is 2. The van der Waals surface area contributed by atoms with Crippen molar-refractivity contribution in [3.8, 4) is 17.4 Å². The SMILES string of the molecule is CCCOc1ccccc1Oc1ncccc1CNC(=O)CC. The predicted octanol–water partition coefficient (Wildman–Crippen LogP) is 3.69. The third-order valence-electron chi connectivity index (χ3n) is 3.16. The highest BCUT2D eigenvalue weighted by atomic mass is 16.5. The highest BCUT2D eigenvalue weighted by molar-refractivity contribution is 5.75. The van der Waals surface area contributed by atoms with E-state index < -0.39 is 0 Å². The molecule has 0 fully saturated rings. The largest absolute Gasteiger partial charge is 0.490 e. The number of amides is 1. The lowest BCUT2D eigenvalue weighted by Gasteiger charge is -2.13. The number of nitrogens with one attached hydrogen (secondary N) is 1. The van der Waals surface area contributed by atoms with Crippen LogP contribution in [0.2, 0.25) is 0 Å². The fraction of sp³-hybridized carbons (Fsp3) is 0.333. The molecule has 1 amide bonds. The molecule has 2 aromatic rings. The van der Waals surface area contributed by atoms with Crippen LogP contribution in [0.25, 0.3) is 0 Å². The number of rotatable bonds is 8. The average molecular weight is 314 g/mol. The van der Waals surface area contributed by atoms with Gasteiger partial charge in [-0.1, -0.05) is 32.0 Å². The van der Waals surface area contributed by atoms with Crippen molar-refractivity contribution in [2.45, 2.75) is 33.2 Å². The number of pyridine rings is 1. The summed E-state index contributed by atoms with van der Waals surface area (Å²) in [7, 11) is 0. The Morgan fingerprint density at radius 1 is 1.13 bits per heavy atom. The van der Waals surface area contributed by atoms with Gasteiger partial charge in [-0.3, -0.25) is 4.79 Å². The zero-order chi connectivity index (χ0) is 16.5. The molecule has 122 valence electrons. The molecule has 0 aliphatic rings. The van der Waals surface area contributed by atoms with Crippen LogP contribution in [0.5, 0.6) is 17.4 Å². The summed E-state index contributed by atoms with van der Waals surface area (Å²) in [5.41, 5.74) is 0.819. The molecule has 1 N–H and O–H groups in total. The third kappa shape index (κ3) is 4.98. The van der Waals surface area contributed by atoms with Crippen molar-refractivity contribution >= 4 is 5.91 Å². The minimum atomic E-state index is -0.00789. The highest BCUT2D eigenvalue weighted by Gasteiger charge is 2.10. The Labute approximate surface area is 136 Å². The Morgan fingerprint density at radius 3 is 2.65 bits per heavy atom. The Hall–Kier alpha value is -2.56. The number of carbonyl (C=O) groups excluding carboxylic acids is 1. The first-order chi connectivity index (χ1) is 11.2. The Bertz CT molecular complexity index is 644. The van der Waals surface area contributed by atoms with Crippen LogP contribution in [0.1, 0.15) is 32.3 Å². The number of aromatic nitrogens is 1. The maximum Gasteiger partial charge on any atom is 0.224 e. The molecule has 0 bridgehead atoms. The fourth-order valence-corrected chi connectivity index (χ4v) is 1.94. The number of hydrogen-bond donors (Lipinski definition) is 1. The lowest BCUT2D eigenvalue weighted by atomic mass is 10.2. The molecular formula is C18H22N2O3. The van der Waals surface area contributed by atoms with E-state index in [1.165, 1.54) is 0 Å². The van der Waals surface area contributed by atoms with Crippen LogP contribution >= 0.6 is 0 Å². The zero-order valence-electron chi connectivity index (χ0n) is 13.5. The summed E-state index contributed by atoms with van der Waals surface area (Å²) < 4.78 is 11.6. The van der Waals surface area contributed by atoms with Crippen LogP contribution in [-0.2, 0) is 11.3 Å². The standard InChI is InChI=1S/C18H22N2O3/c1-3-12-22-15-9-5-6-10-16(15)23-18-14(8-7-11-19-18)13-20-17(21)4-2/h5-11H,3-4,12-13H2,1-2H3,(H,20,21). The normalized spacial score (nSPS) is 10.2. The molecule has 5 heteroatoms. The van der Waals surface area contributed by atoms with Gasteiger partial charge < -0.3 is 14.8 Å². The van der Waals surface area contributed by atoms with E-state index >= 15 is 0 Å². The van der Waals surface area contributed by atoms with E-state index in [2.05, 4.69) is 17.2 Å². The lowest BCUT2D eigenvalue weighted by molar-refractivity contribution is -0.120. The zero-order valence-corrected chi connectivity index (χ0v) is 13.5. The molecule has 0 aliphatic heterocycles. The summed E-state index contributed by atoms with van der Waals surface area (Å²) in [5, 5.41) is 2.83. The third-order valence-corrected chi connectivity index (χ3v) is 3.16. The molecule has 0 saturated heterocycles. The van der Waals surface area contributed by atoms with Crippen LogP contribution in [0.4, 0.5) is 0 Å². The first kappa shape index (κ1) is 16.8. The van der Waals surface area contributed by atoms with Gasteiger partial charge in [0.1, 0.15) is 0 Å². The molecule has 5 nitrogen and oxygen atoms in total. The van der Waals surface area contributed by atoms with Crippen molar-refractivity contribution in [1.82, 2.24) is 10.3 Å². The molecule has 23 heavy (non-hydrogen) atoms. The van der Waals surface area contributed by atoms with Crippen LogP contribution in [0.3, 0.4) is 0 Å². The molecule has 0 atom stereocenters. The van der Waals surface area contributed by atoms with Crippen molar-refractivity contribution in [3.63, 3.8) is 0 Å². The van der Waals surface area contributed by atoms with Crippen molar-refractivity contribution in [3.05, 3.63) is 48.2 Å². The minimum Gasteiger partial charge on any atom is -0.490 e.